The van der Waals surface area contributed by atoms with Gasteiger partial charge in [-0.1, -0.05) is 0 Å². The number of fused-ring (bicyclic) bond motifs is 5. The molecular formula is C23H24N6O2. The highest BCUT2D eigenvalue weighted by atomic mass is 16.5. The Bertz CT molecular complexity index is 1260. The third-order valence-electron chi connectivity index (χ3n) is 6.19. The Labute approximate surface area is 180 Å². The molecule has 5 heterocycles. The van der Waals surface area contributed by atoms with Crippen LogP contribution in [0.25, 0.3) is 28.5 Å². The van der Waals surface area contributed by atoms with Crippen LogP contribution in [0.5, 0.6) is 5.75 Å². The Morgan fingerprint density at radius 1 is 1.16 bits per heavy atom. The van der Waals surface area contributed by atoms with E-state index in [2.05, 4.69) is 21.7 Å². The summed E-state index contributed by atoms with van der Waals surface area (Å²) in [7, 11) is 3.63. The molecule has 8 nitrogen and oxygen atoms in total. The van der Waals surface area contributed by atoms with Gasteiger partial charge in [-0.05, 0) is 44.1 Å². The fourth-order valence-corrected chi connectivity index (χ4v) is 4.70. The van der Waals surface area contributed by atoms with Crippen LogP contribution in [0.1, 0.15) is 29.8 Å². The smallest absolute Gasteiger partial charge is 0.247 e. The highest BCUT2D eigenvalue weighted by Crippen LogP contribution is 2.38. The molecule has 1 fully saturated rings. The van der Waals surface area contributed by atoms with Crippen LogP contribution in [0, 0.1) is 0 Å². The number of benzene rings is 1. The number of imidazole rings is 1. The number of ether oxygens (including phenoxy) is 1. The monoisotopic (exact) mass is 416 g/mol. The zero-order chi connectivity index (χ0) is 20.9. The summed E-state index contributed by atoms with van der Waals surface area (Å²) in [5.41, 5.74) is 6.95. The van der Waals surface area contributed by atoms with Crippen molar-refractivity contribution in [1.82, 2.24) is 29.2 Å². The normalized spacial score (nSPS) is 15.4. The summed E-state index contributed by atoms with van der Waals surface area (Å²) in [6, 6.07) is 6.06. The first-order valence-electron chi connectivity index (χ1n) is 10.6. The third-order valence-corrected chi connectivity index (χ3v) is 6.19. The predicted molar refractivity (Wildman–Crippen MR) is 115 cm³/mol. The van der Waals surface area contributed by atoms with E-state index in [0.717, 1.165) is 65.0 Å². The molecule has 31 heavy (non-hydrogen) atoms. The van der Waals surface area contributed by atoms with Crippen LogP contribution < -0.4 is 4.74 Å². The van der Waals surface area contributed by atoms with Crippen LogP contribution in [0.2, 0.25) is 0 Å². The van der Waals surface area contributed by atoms with Crippen LogP contribution >= 0.6 is 0 Å². The van der Waals surface area contributed by atoms with Gasteiger partial charge in [-0.2, -0.15) is 5.10 Å². The number of hydrogen-bond acceptors (Lipinski definition) is 6. The SMILES string of the molecule is COc1ccc2c(c1)-c1nn(C)cc1Cc1c(-c3nc(CN4CCCC4)co3)ncn1-2. The minimum absolute atomic E-state index is 0.574. The largest absolute Gasteiger partial charge is 0.497 e. The molecule has 0 amide bonds. The van der Waals surface area contributed by atoms with E-state index in [9.17, 15) is 0 Å². The lowest BCUT2D eigenvalue weighted by Crippen LogP contribution is -2.18. The lowest BCUT2D eigenvalue weighted by molar-refractivity contribution is 0.327. The van der Waals surface area contributed by atoms with Crippen molar-refractivity contribution in [3.8, 4) is 34.3 Å². The van der Waals surface area contributed by atoms with Crippen LogP contribution in [0.4, 0.5) is 0 Å². The fraction of sp³-hybridized carbons (Fsp3) is 0.348. The summed E-state index contributed by atoms with van der Waals surface area (Å²) < 4.78 is 15.3. The number of nitrogens with zero attached hydrogens (tertiary/aromatic N) is 6. The lowest BCUT2D eigenvalue weighted by atomic mass is 10.0. The zero-order valence-corrected chi connectivity index (χ0v) is 17.7. The average Bonchev–Trinajstić information content (AvgIpc) is 3.56. The van der Waals surface area contributed by atoms with Crippen molar-refractivity contribution in [2.24, 2.45) is 7.05 Å². The molecule has 1 aromatic carbocycles. The first-order chi connectivity index (χ1) is 15.2. The molecule has 0 spiro atoms. The van der Waals surface area contributed by atoms with Crippen LogP contribution in [-0.4, -0.2) is 49.4 Å². The van der Waals surface area contributed by atoms with Gasteiger partial charge in [0.1, 0.15) is 24.0 Å². The Hall–Kier alpha value is -3.39. The number of aryl methyl sites for hydroxylation is 1. The van der Waals surface area contributed by atoms with E-state index in [1.54, 1.807) is 13.4 Å². The number of likely N-dealkylation sites (tertiary alicyclic amines) is 1. The first-order valence-corrected chi connectivity index (χ1v) is 10.6. The number of oxazole rings is 1. The molecule has 0 aliphatic carbocycles. The van der Waals surface area contributed by atoms with Gasteiger partial charge in [0.15, 0.2) is 0 Å². The summed E-state index contributed by atoms with van der Waals surface area (Å²) in [6.07, 6.45) is 8.91. The van der Waals surface area contributed by atoms with E-state index < -0.39 is 0 Å². The van der Waals surface area contributed by atoms with Gasteiger partial charge in [0.2, 0.25) is 5.89 Å². The first kappa shape index (κ1) is 18.4. The maximum atomic E-state index is 5.89. The van der Waals surface area contributed by atoms with Gasteiger partial charge in [-0.25, -0.2) is 9.97 Å². The third kappa shape index (κ3) is 3.06. The molecule has 4 aromatic rings. The molecule has 2 aliphatic rings. The van der Waals surface area contributed by atoms with Crippen LogP contribution in [-0.2, 0) is 20.0 Å². The second-order valence-electron chi connectivity index (χ2n) is 8.27. The molecule has 8 heteroatoms. The standard InChI is InChI=1S/C23H24N6O2/c1-27-11-15-9-20-22(23-25-16(13-31-23)12-28-7-3-4-8-28)24-14-29(20)19-6-5-17(30-2)10-18(19)21(15)26-27/h5-6,10-11,13-14H,3-4,7-9,12H2,1-2H3. The average molecular weight is 416 g/mol. The van der Waals surface area contributed by atoms with Gasteiger partial charge < -0.3 is 13.7 Å². The maximum Gasteiger partial charge on any atom is 0.247 e. The molecule has 0 N–H and O–H groups in total. The Balaban J connectivity index is 1.45. The molecule has 0 bridgehead atoms. The van der Waals surface area contributed by atoms with E-state index in [4.69, 9.17) is 24.2 Å². The van der Waals surface area contributed by atoms with E-state index in [-0.39, 0.29) is 0 Å². The van der Waals surface area contributed by atoms with Gasteiger partial charge >= 0.3 is 0 Å². The second kappa shape index (κ2) is 7.09. The summed E-state index contributed by atoms with van der Waals surface area (Å²) >= 11 is 0. The maximum absolute atomic E-state index is 5.89. The molecule has 3 aromatic heterocycles. The van der Waals surface area contributed by atoms with Crippen molar-refractivity contribution < 1.29 is 9.15 Å². The van der Waals surface area contributed by atoms with Crippen molar-refractivity contribution in [2.45, 2.75) is 25.8 Å². The molecule has 0 atom stereocenters. The molecule has 6 rings (SSSR count). The molecule has 158 valence electrons. The molecule has 2 aliphatic heterocycles. The minimum atomic E-state index is 0.574. The van der Waals surface area contributed by atoms with Crippen LogP contribution in [0.15, 0.2) is 41.4 Å². The highest BCUT2D eigenvalue weighted by molar-refractivity contribution is 5.77. The minimum Gasteiger partial charge on any atom is -0.497 e. The van der Waals surface area contributed by atoms with E-state index in [0.29, 0.717) is 12.3 Å². The summed E-state index contributed by atoms with van der Waals surface area (Å²) in [5, 5.41) is 4.74. The second-order valence-corrected chi connectivity index (χ2v) is 8.27. The molecule has 1 saturated heterocycles. The van der Waals surface area contributed by atoms with Gasteiger partial charge in [0.05, 0.1) is 29.9 Å². The number of hydrogen-bond donors (Lipinski definition) is 0. The van der Waals surface area contributed by atoms with Crippen LogP contribution in [0.3, 0.4) is 0 Å². The van der Waals surface area contributed by atoms with E-state index in [1.165, 1.54) is 12.8 Å². The van der Waals surface area contributed by atoms with Gasteiger partial charge in [-0.15, -0.1) is 0 Å². The van der Waals surface area contributed by atoms with E-state index in [1.807, 2.05) is 30.2 Å². The van der Waals surface area contributed by atoms with Crippen molar-refractivity contribution in [3.05, 3.63) is 53.9 Å². The molecule has 0 saturated carbocycles. The Kier molecular flexibility index (Phi) is 4.21. The Morgan fingerprint density at radius 2 is 2.03 bits per heavy atom. The van der Waals surface area contributed by atoms with Gasteiger partial charge in [0.25, 0.3) is 0 Å². The highest BCUT2D eigenvalue weighted by Gasteiger charge is 2.27. The van der Waals surface area contributed by atoms with Crippen molar-refractivity contribution in [1.29, 1.82) is 0 Å². The Morgan fingerprint density at radius 3 is 2.87 bits per heavy atom. The summed E-state index contributed by atoms with van der Waals surface area (Å²) in [5.74, 6) is 1.38. The lowest BCUT2D eigenvalue weighted by Gasteiger charge is -2.11. The zero-order valence-electron chi connectivity index (χ0n) is 17.7. The van der Waals surface area contributed by atoms with E-state index >= 15 is 0 Å². The van der Waals surface area contributed by atoms with Crippen molar-refractivity contribution in [2.75, 3.05) is 20.2 Å². The summed E-state index contributed by atoms with van der Waals surface area (Å²) in [4.78, 5) is 11.9. The van der Waals surface area contributed by atoms with Gasteiger partial charge in [-0.3, -0.25) is 9.58 Å². The number of methoxy groups -OCH3 is 1. The molecule has 0 radical (unpaired) electrons. The molecular weight excluding hydrogens is 392 g/mol. The number of aromatic nitrogens is 5. The number of rotatable bonds is 4. The van der Waals surface area contributed by atoms with Crippen molar-refractivity contribution >= 4 is 0 Å². The summed E-state index contributed by atoms with van der Waals surface area (Å²) in [6.45, 7) is 3.09. The fourth-order valence-electron chi connectivity index (χ4n) is 4.70. The topological polar surface area (TPSA) is 74.1 Å². The van der Waals surface area contributed by atoms with Crippen molar-refractivity contribution in [3.63, 3.8) is 0 Å². The predicted octanol–water partition coefficient (Wildman–Crippen LogP) is 3.44. The van der Waals surface area contributed by atoms with Gasteiger partial charge in [0, 0.05) is 37.3 Å². The quantitative estimate of drug-likeness (QED) is 0.447. The molecule has 0 unspecified atom stereocenters.